The van der Waals surface area contributed by atoms with Crippen LogP contribution in [0.4, 0.5) is 0 Å². The van der Waals surface area contributed by atoms with Crippen molar-refractivity contribution in [1.82, 2.24) is 0 Å². The van der Waals surface area contributed by atoms with Crippen molar-refractivity contribution in [3.05, 3.63) is 12.2 Å². The highest BCUT2D eigenvalue weighted by Crippen LogP contribution is 2.12. The summed E-state index contributed by atoms with van der Waals surface area (Å²) in [6.07, 6.45) is 23.3. The summed E-state index contributed by atoms with van der Waals surface area (Å²) in [5, 5.41) is 0. The van der Waals surface area contributed by atoms with Gasteiger partial charge in [-0.3, -0.25) is 4.79 Å². The van der Waals surface area contributed by atoms with Gasteiger partial charge in [-0.15, -0.1) is 0 Å². The number of carbonyl (C=O) groups excluding carboxylic acids is 1. The molecule has 0 N–H and O–H groups in total. The van der Waals surface area contributed by atoms with E-state index in [-0.39, 0.29) is 5.97 Å². The Bertz CT molecular complexity index is 258. The highest BCUT2D eigenvalue weighted by atomic mass is 16.5. The topological polar surface area (TPSA) is 26.3 Å². The molecule has 130 valence electrons. The Labute approximate surface area is 138 Å². The molecule has 0 heterocycles. The maximum atomic E-state index is 10.5. The predicted octanol–water partition coefficient (Wildman–Crippen LogP) is 6.59. The third-order valence-corrected chi connectivity index (χ3v) is 4.02. The van der Waals surface area contributed by atoms with Crippen molar-refractivity contribution in [2.75, 3.05) is 6.61 Å². The van der Waals surface area contributed by atoms with Crippen molar-refractivity contribution in [2.45, 2.75) is 104 Å². The molecule has 0 unspecified atom stereocenters. The zero-order valence-electron chi connectivity index (χ0n) is 15.1. The van der Waals surface area contributed by atoms with E-state index in [9.17, 15) is 4.79 Å². The minimum Gasteiger partial charge on any atom is -0.462 e. The maximum Gasteiger partial charge on any atom is 0.302 e. The van der Waals surface area contributed by atoms with E-state index in [2.05, 4.69) is 13.0 Å². The van der Waals surface area contributed by atoms with E-state index in [4.69, 9.17) is 4.74 Å². The number of hydrogen-bond acceptors (Lipinski definition) is 2. The Hall–Kier alpha value is -0.790. The van der Waals surface area contributed by atoms with Gasteiger partial charge in [-0.05, 0) is 12.8 Å². The number of esters is 1. The lowest BCUT2D eigenvalue weighted by Crippen LogP contribution is -1.97. The first-order valence-electron chi connectivity index (χ1n) is 9.55. The van der Waals surface area contributed by atoms with Crippen LogP contribution in [0, 0.1) is 0 Å². The van der Waals surface area contributed by atoms with Crippen LogP contribution in [0.3, 0.4) is 0 Å². The third kappa shape index (κ3) is 19.2. The van der Waals surface area contributed by atoms with Crippen molar-refractivity contribution < 1.29 is 9.53 Å². The van der Waals surface area contributed by atoms with Crippen molar-refractivity contribution >= 4 is 5.97 Å². The second-order valence-electron chi connectivity index (χ2n) is 6.31. The highest BCUT2D eigenvalue weighted by Gasteiger charge is 1.93. The average molecular weight is 311 g/mol. The molecule has 22 heavy (non-hydrogen) atoms. The van der Waals surface area contributed by atoms with Gasteiger partial charge in [-0.1, -0.05) is 96.1 Å². The van der Waals surface area contributed by atoms with Gasteiger partial charge in [-0.25, -0.2) is 0 Å². The first-order valence-corrected chi connectivity index (χ1v) is 9.55. The highest BCUT2D eigenvalue weighted by molar-refractivity contribution is 5.65. The van der Waals surface area contributed by atoms with Crippen molar-refractivity contribution in [3.8, 4) is 0 Å². The van der Waals surface area contributed by atoms with Gasteiger partial charge in [0.25, 0.3) is 0 Å². The number of carbonyl (C=O) groups is 1. The molecule has 2 heteroatoms. The van der Waals surface area contributed by atoms with Gasteiger partial charge in [0, 0.05) is 6.92 Å². The zero-order valence-corrected chi connectivity index (χ0v) is 15.1. The van der Waals surface area contributed by atoms with E-state index in [0.29, 0.717) is 6.61 Å². The molecule has 0 aromatic carbocycles. The molecule has 0 atom stereocenters. The smallest absolute Gasteiger partial charge is 0.302 e. The van der Waals surface area contributed by atoms with Gasteiger partial charge < -0.3 is 4.74 Å². The van der Waals surface area contributed by atoms with Crippen LogP contribution in [-0.2, 0) is 9.53 Å². The van der Waals surface area contributed by atoms with E-state index < -0.39 is 0 Å². The first kappa shape index (κ1) is 21.2. The summed E-state index contributed by atoms with van der Waals surface area (Å²) in [7, 11) is 0. The Balaban J connectivity index is 3.04. The average Bonchev–Trinajstić information content (AvgIpc) is 2.50. The number of allylic oxidation sites excluding steroid dienone is 1. The molecule has 0 saturated carbocycles. The molecule has 0 aliphatic rings. The fourth-order valence-corrected chi connectivity index (χ4v) is 2.63. The zero-order chi connectivity index (χ0) is 16.3. The number of hydrogen-bond donors (Lipinski definition) is 0. The predicted molar refractivity (Wildman–Crippen MR) is 96.1 cm³/mol. The summed E-state index contributed by atoms with van der Waals surface area (Å²) in [6.45, 7) is 4.15. The van der Waals surface area contributed by atoms with Gasteiger partial charge in [0.05, 0.1) is 0 Å². The SMILES string of the molecule is CCCCCCCCCCCCCCC/C=C/COC(C)=O. The molecule has 0 spiro atoms. The Morgan fingerprint density at radius 3 is 1.64 bits per heavy atom. The van der Waals surface area contributed by atoms with E-state index >= 15 is 0 Å². The normalized spacial score (nSPS) is 11.2. The van der Waals surface area contributed by atoms with Crippen LogP contribution < -0.4 is 0 Å². The summed E-state index contributed by atoms with van der Waals surface area (Å²) >= 11 is 0. The molecular weight excluding hydrogens is 272 g/mol. The molecule has 0 aromatic rings. The van der Waals surface area contributed by atoms with Crippen molar-refractivity contribution in [2.24, 2.45) is 0 Å². The van der Waals surface area contributed by atoms with E-state index in [0.717, 1.165) is 6.42 Å². The molecule has 0 radical (unpaired) electrons. The van der Waals surface area contributed by atoms with Gasteiger partial charge in [-0.2, -0.15) is 0 Å². The van der Waals surface area contributed by atoms with Gasteiger partial charge in [0.1, 0.15) is 6.61 Å². The van der Waals surface area contributed by atoms with Crippen LogP contribution in [0.15, 0.2) is 12.2 Å². The summed E-state index contributed by atoms with van der Waals surface area (Å²) in [4.78, 5) is 10.5. The Kier molecular flexibility index (Phi) is 17.6. The molecule has 0 aliphatic heterocycles. The lowest BCUT2D eigenvalue weighted by Gasteiger charge is -2.02. The molecule has 2 nitrogen and oxygen atoms in total. The van der Waals surface area contributed by atoms with Crippen LogP contribution in [0.25, 0.3) is 0 Å². The van der Waals surface area contributed by atoms with Crippen LogP contribution >= 0.6 is 0 Å². The van der Waals surface area contributed by atoms with E-state index in [1.807, 2.05) is 6.08 Å². The van der Waals surface area contributed by atoms with Gasteiger partial charge in [0.15, 0.2) is 0 Å². The third-order valence-electron chi connectivity index (χ3n) is 4.02. The van der Waals surface area contributed by atoms with Crippen molar-refractivity contribution in [1.29, 1.82) is 0 Å². The molecule has 0 aliphatic carbocycles. The van der Waals surface area contributed by atoms with E-state index in [1.54, 1.807) is 0 Å². The molecule has 0 bridgehead atoms. The summed E-state index contributed by atoms with van der Waals surface area (Å²) < 4.78 is 4.84. The largest absolute Gasteiger partial charge is 0.462 e. The van der Waals surface area contributed by atoms with Crippen LogP contribution in [0.5, 0.6) is 0 Å². The van der Waals surface area contributed by atoms with Gasteiger partial charge in [0.2, 0.25) is 0 Å². The molecule has 0 rings (SSSR count). The standard InChI is InChI=1S/C20H38O2/c1-3-4-5-6-7-8-9-10-11-12-13-14-15-16-17-18-19-22-20(2)21/h17-18H,3-16,19H2,1-2H3/b18-17+. The lowest BCUT2D eigenvalue weighted by atomic mass is 10.0. The summed E-state index contributed by atoms with van der Waals surface area (Å²) in [5.41, 5.74) is 0. The summed E-state index contributed by atoms with van der Waals surface area (Å²) in [6, 6.07) is 0. The van der Waals surface area contributed by atoms with Crippen molar-refractivity contribution in [3.63, 3.8) is 0 Å². The molecule has 0 aromatic heterocycles. The molecule has 0 amide bonds. The van der Waals surface area contributed by atoms with Crippen LogP contribution in [-0.4, -0.2) is 12.6 Å². The Morgan fingerprint density at radius 2 is 1.18 bits per heavy atom. The molecular formula is C20H38O2. The van der Waals surface area contributed by atoms with E-state index in [1.165, 1.54) is 90.4 Å². The minimum absolute atomic E-state index is 0.203. The second-order valence-corrected chi connectivity index (χ2v) is 6.31. The minimum atomic E-state index is -0.203. The van der Waals surface area contributed by atoms with Crippen LogP contribution in [0.2, 0.25) is 0 Å². The van der Waals surface area contributed by atoms with Gasteiger partial charge >= 0.3 is 5.97 Å². The Morgan fingerprint density at radius 1 is 0.727 bits per heavy atom. The number of rotatable bonds is 16. The fourth-order valence-electron chi connectivity index (χ4n) is 2.63. The van der Waals surface area contributed by atoms with Crippen LogP contribution in [0.1, 0.15) is 104 Å². The quantitative estimate of drug-likeness (QED) is 0.183. The number of ether oxygens (including phenoxy) is 1. The molecule has 0 fully saturated rings. The fraction of sp³-hybridized carbons (Fsp3) is 0.850. The summed E-state index contributed by atoms with van der Waals surface area (Å²) in [5.74, 6) is -0.203. The first-order chi connectivity index (χ1) is 10.8. The maximum absolute atomic E-state index is 10.5. The monoisotopic (exact) mass is 310 g/mol. The second kappa shape index (κ2) is 18.3. The lowest BCUT2D eigenvalue weighted by molar-refractivity contribution is -0.139. The molecule has 0 saturated heterocycles. The number of unbranched alkanes of at least 4 members (excludes halogenated alkanes) is 13.